The number of alkyl halides is 1. The minimum atomic E-state index is -1.99. The van der Waals surface area contributed by atoms with Gasteiger partial charge in [0.15, 0.2) is 0 Å². The summed E-state index contributed by atoms with van der Waals surface area (Å²) in [6.45, 7) is 0. The van der Waals surface area contributed by atoms with E-state index in [0.29, 0.717) is 11.3 Å². The highest BCUT2D eigenvalue weighted by Gasteiger charge is 2.11. The Balaban J connectivity index is 2.46. The molecule has 1 N–H and O–H groups in total. The largest absolute Gasteiger partial charge is 0.497 e. The number of aliphatic hydroxyl groups is 1. The zero-order chi connectivity index (χ0) is 13.0. The van der Waals surface area contributed by atoms with Gasteiger partial charge in [0, 0.05) is 0 Å². The van der Waals surface area contributed by atoms with Gasteiger partial charge in [-0.15, -0.1) is 0 Å². The van der Waals surface area contributed by atoms with Crippen molar-refractivity contribution in [2.75, 3.05) is 7.11 Å². The van der Waals surface area contributed by atoms with Gasteiger partial charge >= 0.3 is 0 Å². The number of rotatable bonds is 4. The summed E-state index contributed by atoms with van der Waals surface area (Å²) in [5, 5.41) is 8.88. The van der Waals surface area contributed by atoms with Gasteiger partial charge in [0.05, 0.1) is 13.5 Å². The Morgan fingerprint density at radius 1 is 1.17 bits per heavy atom. The lowest BCUT2D eigenvalue weighted by Crippen LogP contribution is -2.01. The van der Waals surface area contributed by atoms with Gasteiger partial charge in [0.1, 0.15) is 5.75 Å². The summed E-state index contributed by atoms with van der Waals surface area (Å²) >= 11 is 0. The van der Waals surface area contributed by atoms with Crippen molar-refractivity contribution >= 4 is 0 Å². The molecule has 1 radical (unpaired) electrons. The lowest BCUT2D eigenvalue weighted by molar-refractivity contribution is 0.0760. The van der Waals surface area contributed by atoms with Gasteiger partial charge in [-0.25, -0.2) is 4.39 Å². The number of ether oxygens (including phenoxy) is 1. The van der Waals surface area contributed by atoms with E-state index in [-0.39, 0.29) is 0 Å². The quantitative estimate of drug-likeness (QED) is 0.896. The summed E-state index contributed by atoms with van der Waals surface area (Å²) in [6.07, 6.45) is -0.829. The molecule has 0 amide bonds. The highest BCUT2D eigenvalue weighted by molar-refractivity contribution is 5.70. The Hall–Kier alpha value is -1.87. The molecule has 1 unspecified atom stereocenters. The lowest BCUT2D eigenvalue weighted by atomic mass is 9.97. The van der Waals surface area contributed by atoms with Gasteiger partial charge in [-0.3, -0.25) is 0 Å². The molecule has 0 bridgehead atoms. The van der Waals surface area contributed by atoms with Gasteiger partial charge in [-0.2, -0.15) is 0 Å². The first-order valence-electron chi connectivity index (χ1n) is 5.61. The van der Waals surface area contributed by atoms with Crippen molar-refractivity contribution in [2.24, 2.45) is 0 Å². The van der Waals surface area contributed by atoms with Crippen LogP contribution in [0.15, 0.2) is 48.5 Å². The van der Waals surface area contributed by atoms with Gasteiger partial charge in [0.2, 0.25) is 6.36 Å². The van der Waals surface area contributed by atoms with Crippen molar-refractivity contribution in [3.05, 3.63) is 60.5 Å². The first kappa shape index (κ1) is 12.6. The molecule has 0 aliphatic rings. The molecule has 0 fully saturated rings. The Labute approximate surface area is 106 Å². The molecule has 0 heterocycles. The van der Waals surface area contributed by atoms with Crippen LogP contribution < -0.4 is 4.74 Å². The fourth-order valence-electron chi connectivity index (χ4n) is 1.83. The molecule has 2 nitrogen and oxygen atoms in total. The van der Waals surface area contributed by atoms with Crippen LogP contribution in [0.3, 0.4) is 0 Å². The Bertz CT molecular complexity index is 509. The van der Waals surface area contributed by atoms with Crippen LogP contribution in [-0.2, 0) is 0 Å². The number of hydrogen-bond donors (Lipinski definition) is 1. The zero-order valence-corrected chi connectivity index (χ0v) is 10.0. The fourth-order valence-corrected chi connectivity index (χ4v) is 1.83. The highest BCUT2D eigenvalue weighted by Crippen LogP contribution is 2.29. The van der Waals surface area contributed by atoms with Crippen molar-refractivity contribution < 1.29 is 14.2 Å². The second-order valence-corrected chi connectivity index (χ2v) is 3.86. The van der Waals surface area contributed by atoms with E-state index >= 15 is 0 Å². The lowest BCUT2D eigenvalue weighted by Gasteiger charge is -2.11. The SMILES string of the molecule is COc1ccc(-c2ccccc2)c([CH]C(O)F)c1. The molecule has 0 aliphatic heterocycles. The van der Waals surface area contributed by atoms with Crippen LogP contribution in [0, 0.1) is 6.42 Å². The molecule has 2 aromatic carbocycles. The average molecular weight is 245 g/mol. The van der Waals surface area contributed by atoms with Crippen molar-refractivity contribution in [1.82, 2.24) is 0 Å². The topological polar surface area (TPSA) is 29.5 Å². The van der Waals surface area contributed by atoms with Crippen LogP contribution in [-0.4, -0.2) is 18.6 Å². The summed E-state index contributed by atoms with van der Waals surface area (Å²) in [4.78, 5) is 0. The van der Waals surface area contributed by atoms with Gasteiger partial charge in [0.25, 0.3) is 0 Å². The van der Waals surface area contributed by atoms with Crippen molar-refractivity contribution in [2.45, 2.75) is 6.36 Å². The summed E-state index contributed by atoms with van der Waals surface area (Å²) in [7, 11) is 1.55. The van der Waals surface area contributed by atoms with Crippen molar-refractivity contribution in [3.63, 3.8) is 0 Å². The van der Waals surface area contributed by atoms with E-state index in [1.807, 2.05) is 42.5 Å². The first-order chi connectivity index (χ1) is 8.70. The van der Waals surface area contributed by atoms with Crippen LogP contribution in [0.2, 0.25) is 0 Å². The number of methoxy groups -OCH3 is 1. The molecular weight excluding hydrogens is 231 g/mol. The third-order valence-electron chi connectivity index (χ3n) is 2.66. The second kappa shape index (κ2) is 5.65. The maximum absolute atomic E-state index is 12.8. The number of benzene rings is 2. The number of hydrogen-bond acceptors (Lipinski definition) is 2. The summed E-state index contributed by atoms with van der Waals surface area (Å²) in [6, 6.07) is 15.0. The van der Waals surface area contributed by atoms with Gasteiger partial charge in [-0.1, -0.05) is 36.4 Å². The van der Waals surface area contributed by atoms with Crippen LogP contribution in [0.1, 0.15) is 5.56 Å². The minimum Gasteiger partial charge on any atom is -0.497 e. The van der Waals surface area contributed by atoms with Crippen molar-refractivity contribution in [3.8, 4) is 16.9 Å². The summed E-state index contributed by atoms with van der Waals surface area (Å²) in [5.41, 5.74) is 2.43. The number of halogens is 1. The molecule has 93 valence electrons. The smallest absolute Gasteiger partial charge is 0.204 e. The van der Waals surface area contributed by atoms with E-state index in [4.69, 9.17) is 9.84 Å². The van der Waals surface area contributed by atoms with E-state index in [1.165, 1.54) is 0 Å². The molecule has 2 rings (SSSR count). The van der Waals surface area contributed by atoms with E-state index in [9.17, 15) is 4.39 Å². The first-order valence-corrected chi connectivity index (χ1v) is 5.61. The standard InChI is InChI=1S/C15H14FO2/c1-18-13-7-8-14(11-5-3-2-4-6-11)12(9-13)10-15(16)17/h2-10,15,17H,1H3. The number of aliphatic hydroxyl groups excluding tert-OH is 1. The van der Waals surface area contributed by atoms with Crippen LogP contribution >= 0.6 is 0 Å². The minimum absolute atomic E-state index is 0.607. The maximum Gasteiger partial charge on any atom is 0.204 e. The molecule has 2 aromatic rings. The third kappa shape index (κ3) is 2.87. The summed E-state index contributed by atoms with van der Waals surface area (Å²) in [5.74, 6) is 0.626. The third-order valence-corrected chi connectivity index (χ3v) is 2.66. The van der Waals surface area contributed by atoms with Crippen LogP contribution in [0.4, 0.5) is 4.39 Å². The molecule has 1 atom stereocenters. The van der Waals surface area contributed by atoms with E-state index < -0.39 is 6.36 Å². The predicted octanol–water partition coefficient (Wildman–Crippen LogP) is 3.20. The molecule has 0 aliphatic carbocycles. The predicted molar refractivity (Wildman–Crippen MR) is 68.9 cm³/mol. The average Bonchev–Trinajstić information content (AvgIpc) is 2.39. The zero-order valence-electron chi connectivity index (χ0n) is 10.0. The molecule has 0 saturated carbocycles. The van der Waals surface area contributed by atoms with Crippen LogP contribution in [0.5, 0.6) is 5.75 Å². The molecule has 0 spiro atoms. The summed E-state index contributed by atoms with van der Waals surface area (Å²) < 4.78 is 17.9. The maximum atomic E-state index is 12.8. The van der Waals surface area contributed by atoms with E-state index in [0.717, 1.165) is 17.5 Å². The van der Waals surface area contributed by atoms with E-state index in [2.05, 4.69) is 0 Å². The molecule has 0 aromatic heterocycles. The molecule has 0 saturated heterocycles. The normalized spacial score (nSPS) is 12.2. The molecule has 18 heavy (non-hydrogen) atoms. The Morgan fingerprint density at radius 3 is 2.50 bits per heavy atom. The molecule has 3 heteroatoms. The monoisotopic (exact) mass is 245 g/mol. The fraction of sp³-hybridized carbons (Fsp3) is 0.133. The molecular formula is C15H14FO2. The van der Waals surface area contributed by atoms with Gasteiger partial charge < -0.3 is 9.84 Å². The van der Waals surface area contributed by atoms with Crippen molar-refractivity contribution in [1.29, 1.82) is 0 Å². The van der Waals surface area contributed by atoms with Crippen LogP contribution in [0.25, 0.3) is 11.1 Å². The van der Waals surface area contributed by atoms with E-state index in [1.54, 1.807) is 13.2 Å². The Morgan fingerprint density at radius 2 is 1.89 bits per heavy atom. The van der Waals surface area contributed by atoms with Gasteiger partial charge in [-0.05, 0) is 28.8 Å². The highest BCUT2D eigenvalue weighted by atomic mass is 19.1. The second-order valence-electron chi connectivity index (χ2n) is 3.86. The Kier molecular flexibility index (Phi) is 3.95.